The summed E-state index contributed by atoms with van der Waals surface area (Å²) >= 11 is 6.12. The van der Waals surface area contributed by atoms with Crippen molar-refractivity contribution >= 4 is 39.1 Å². The molecule has 5 aromatic rings. The summed E-state index contributed by atoms with van der Waals surface area (Å²) in [4.78, 5) is 25.9. The number of Topliss-reactive ketones (excluding diaryl/α,β-unsaturated/α-hetero) is 1. The van der Waals surface area contributed by atoms with E-state index in [9.17, 15) is 18.0 Å². The SMILES string of the molecule is O=C(C[C@@H](c1cnc2ccc(Cl)cc2c1)c1ncccc1C(F)(F)F)c1ccc2cnccc2c1. The lowest BCUT2D eigenvalue weighted by Gasteiger charge is -2.21. The second kappa shape index (κ2) is 9.07. The molecule has 0 unspecified atom stereocenters. The third-order valence-electron chi connectivity index (χ3n) is 5.89. The van der Waals surface area contributed by atoms with E-state index in [2.05, 4.69) is 15.0 Å². The molecule has 8 heteroatoms. The Bertz CT molecular complexity index is 1570. The van der Waals surface area contributed by atoms with E-state index < -0.39 is 17.7 Å². The van der Waals surface area contributed by atoms with Gasteiger partial charge >= 0.3 is 6.18 Å². The standard InChI is InChI=1S/C27H17ClF3N3O/c28-21-5-6-24-19(12-21)11-20(15-34-24)22(26-23(27(29,30)31)2-1-8-33-26)13-25(35)17-3-4-18-14-32-9-7-16(18)10-17/h1-12,14-15,22H,13H2/t22-/m0/s1. The quantitative estimate of drug-likeness (QED) is 0.243. The number of hydrogen-bond acceptors (Lipinski definition) is 4. The molecule has 2 aromatic carbocycles. The van der Waals surface area contributed by atoms with Gasteiger partial charge in [0.05, 0.1) is 16.8 Å². The molecule has 0 aliphatic rings. The first-order valence-electron chi connectivity index (χ1n) is 10.7. The molecule has 0 fully saturated rings. The predicted molar refractivity (Wildman–Crippen MR) is 129 cm³/mol. The summed E-state index contributed by atoms with van der Waals surface area (Å²) in [6, 6.07) is 16.0. The molecule has 0 saturated carbocycles. The Morgan fingerprint density at radius 3 is 2.57 bits per heavy atom. The van der Waals surface area contributed by atoms with E-state index in [0.717, 1.165) is 16.8 Å². The van der Waals surface area contributed by atoms with Crippen LogP contribution in [-0.4, -0.2) is 20.7 Å². The van der Waals surface area contributed by atoms with Gasteiger partial charge in [-0.2, -0.15) is 13.2 Å². The third kappa shape index (κ3) is 4.72. The highest BCUT2D eigenvalue weighted by atomic mass is 35.5. The number of rotatable bonds is 5. The van der Waals surface area contributed by atoms with Crippen LogP contribution in [-0.2, 0) is 6.18 Å². The van der Waals surface area contributed by atoms with Crippen molar-refractivity contribution in [3.63, 3.8) is 0 Å². The summed E-state index contributed by atoms with van der Waals surface area (Å²) in [6.07, 6.45) is 1.25. The van der Waals surface area contributed by atoms with Gasteiger partial charge < -0.3 is 0 Å². The molecule has 0 aliphatic carbocycles. The molecule has 1 atom stereocenters. The van der Waals surface area contributed by atoms with Gasteiger partial charge in [0.15, 0.2) is 5.78 Å². The van der Waals surface area contributed by atoms with Gasteiger partial charge in [-0.05, 0) is 59.5 Å². The Hall–Kier alpha value is -3.84. The lowest BCUT2D eigenvalue weighted by atomic mass is 9.86. The Morgan fingerprint density at radius 1 is 0.886 bits per heavy atom. The molecule has 0 saturated heterocycles. The molecule has 0 bridgehead atoms. The number of ketones is 1. The van der Waals surface area contributed by atoms with Gasteiger partial charge in [0, 0.05) is 58.5 Å². The van der Waals surface area contributed by atoms with Gasteiger partial charge in [-0.1, -0.05) is 23.7 Å². The van der Waals surface area contributed by atoms with Crippen LogP contribution in [0.1, 0.15) is 39.5 Å². The minimum absolute atomic E-state index is 0.218. The Labute approximate surface area is 203 Å². The first-order chi connectivity index (χ1) is 16.8. The van der Waals surface area contributed by atoms with Crippen LogP contribution in [0.4, 0.5) is 13.2 Å². The van der Waals surface area contributed by atoms with Gasteiger partial charge in [0.25, 0.3) is 0 Å². The molecule has 0 aliphatic heterocycles. The zero-order valence-electron chi connectivity index (χ0n) is 18.1. The number of alkyl halides is 3. The number of pyridine rings is 3. The normalized spacial score (nSPS) is 12.7. The molecule has 35 heavy (non-hydrogen) atoms. The summed E-state index contributed by atoms with van der Waals surface area (Å²) in [5, 5.41) is 2.82. The van der Waals surface area contributed by atoms with Crippen molar-refractivity contribution in [1.82, 2.24) is 15.0 Å². The maximum atomic E-state index is 13.9. The molecule has 0 amide bonds. The van der Waals surface area contributed by atoms with Gasteiger partial charge in [-0.3, -0.25) is 19.7 Å². The van der Waals surface area contributed by atoms with Crippen molar-refractivity contribution < 1.29 is 18.0 Å². The first-order valence-corrected chi connectivity index (χ1v) is 11.1. The molecule has 3 aromatic heterocycles. The molecular weight excluding hydrogens is 475 g/mol. The van der Waals surface area contributed by atoms with E-state index in [1.54, 1.807) is 60.9 Å². The second-order valence-electron chi connectivity index (χ2n) is 8.16. The zero-order chi connectivity index (χ0) is 24.6. The van der Waals surface area contributed by atoms with Crippen LogP contribution in [0.2, 0.25) is 5.02 Å². The van der Waals surface area contributed by atoms with Gasteiger partial charge in [-0.15, -0.1) is 0 Å². The number of fused-ring (bicyclic) bond motifs is 2. The Kier molecular flexibility index (Phi) is 5.94. The van der Waals surface area contributed by atoms with Crippen LogP contribution >= 0.6 is 11.6 Å². The number of carbonyl (C=O) groups excluding carboxylic acids is 1. The van der Waals surface area contributed by atoms with E-state index in [-0.39, 0.29) is 17.9 Å². The van der Waals surface area contributed by atoms with Crippen molar-refractivity contribution in [2.45, 2.75) is 18.5 Å². The molecular formula is C27H17ClF3N3O. The van der Waals surface area contributed by atoms with Gasteiger partial charge in [-0.25, -0.2) is 0 Å². The lowest BCUT2D eigenvalue weighted by molar-refractivity contribution is -0.138. The summed E-state index contributed by atoms with van der Waals surface area (Å²) in [5.41, 5.74) is 0.385. The monoisotopic (exact) mass is 491 g/mol. The molecule has 174 valence electrons. The van der Waals surface area contributed by atoms with Crippen LogP contribution < -0.4 is 0 Å². The number of nitrogens with zero attached hydrogens (tertiary/aromatic N) is 3. The van der Waals surface area contributed by atoms with Crippen molar-refractivity contribution in [3.05, 3.63) is 113 Å². The maximum Gasteiger partial charge on any atom is 0.418 e. The van der Waals surface area contributed by atoms with E-state index in [0.29, 0.717) is 27.1 Å². The lowest BCUT2D eigenvalue weighted by Crippen LogP contribution is -2.17. The number of carbonyl (C=O) groups is 1. The van der Waals surface area contributed by atoms with Crippen molar-refractivity contribution in [3.8, 4) is 0 Å². The number of halogens is 4. The van der Waals surface area contributed by atoms with Crippen LogP contribution in [0, 0.1) is 0 Å². The number of aromatic nitrogens is 3. The summed E-state index contributed by atoms with van der Waals surface area (Å²) in [6.45, 7) is 0. The minimum Gasteiger partial charge on any atom is -0.294 e. The third-order valence-corrected chi connectivity index (χ3v) is 6.13. The van der Waals surface area contributed by atoms with E-state index in [1.165, 1.54) is 18.5 Å². The average Bonchev–Trinajstić information content (AvgIpc) is 2.86. The summed E-state index contributed by atoms with van der Waals surface area (Å²) in [5.74, 6) is -1.27. The largest absolute Gasteiger partial charge is 0.418 e. The van der Waals surface area contributed by atoms with Crippen LogP contribution in [0.15, 0.2) is 85.5 Å². The van der Waals surface area contributed by atoms with E-state index in [4.69, 9.17) is 11.6 Å². The fourth-order valence-electron chi connectivity index (χ4n) is 4.18. The highest BCUT2D eigenvalue weighted by Gasteiger charge is 2.37. The van der Waals surface area contributed by atoms with E-state index >= 15 is 0 Å². The molecule has 4 nitrogen and oxygen atoms in total. The van der Waals surface area contributed by atoms with Crippen molar-refractivity contribution in [1.29, 1.82) is 0 Å². The Balaban J connectivity index is 1.62. The maximum absolute atomic E-state index is 13.9. The smallest absolute Gasteiger partial charge is 0.294 e. The second-order valence-corrected chi connectivity index (χ2v) is 8.59. The molecule has 0 N–H and O–H groups in total. The van der Waals surface area contributed by atoms with Crippen LogP contribution in [0.5, 0.6) is 0 Å². The number of hydrogen-bond donors (Lipinski definition) is 0. The number of benzene rings is 2. The minimum atomic E-state index is -4.63. The topological polar surface area (TPSA) is 55.7 Å². The van der Waals surface area contributed by atoms with E-state index in [1.807, 2.05) is 0 Å². The average molecular weight is 492 g/mol. The molecule has 0 spiro atoms. The van der Waals surface area contributed by atoms with Crippen LogP contribution in [0.25, 0.3) is 21.7 Å². The molecule has 3 heterocycles. The fourth-order valence-corrected chi connectivity index (χ4v) is 4.36. The first kappa shape index (κ1) is 22.9. The highest BCUT2D eigenvalue weighted by molar-refractivity contribution is 6.31. The zero-order valence-corrected chi connectivity index (χ0v) is 18.9. The Morgan fingerprint density at radius 2 is 1.74 bits per heavy atom. The molecule has 0 radical (unpaired) electrons. The van der Waals surface area contributed by atoms with Gasteiger partial charge in [0.1, 0.15) is 0 Å². The fraction of sp³-hybridized carbons (Fsp3) is 0.111. The predicted octanol–water partition coefficient (Wildman–Crippen LogP) is 7.26. The van der Waals surface area contributed by atoms with Gasteiger partial charge in [0.2, 0.25) is 0 Å². The summed E-state index contributed by atoms with van der Waals surface area (Å²) < 4.78 is 41.7. The van der Waals surface area contributed by atoms with Crippen molar-refractivity contribution in [2.24, 2.45) is 0 Å². The summed E-state index contributed by atoms with van der Waals surface area (Å²) in [7, 11) is 0. The van der Waals surface area contributed by atoms with Crippen LogP contribution in [0.3, 0.4) is 0 Å². The highest BCUT2D eigenvalue weighted by Crippen LogP contribution is 2.39. The van der Waals surface area contributed by atoms with Crippen molar-refractivity contribution in [2.75, 3.05) is 0 Å². The molecule has 5 rings (SSSR count).